The van der Waals surface area contributed by atoms with Crippen LogP contribution in [0.15, 0.2) is 18.2 Å². The number of ether oxygens (including phenoxy) is 1. The lowest BCUT2D eigenvalue weighted by Crippen LogP contribution is -2.21. The molecule has 1 aromatic carbocycles. The van der Waals surface area contributed by atoms with Gasteiger partial charge in [0.05, 0.1) is 7.11 Å². The molecule has 0 aromatic heterocycles. The molecule has 1 N–H and O–H groups in total. The van der Waals surface area contributed by atoms with Gasteiger partial charge in [0, 0.05) is 24.2 Å². The van der Waals surface area contributed by atoms with Gasteiger partial charge in [0.15, 0.2) is 0 Å². The van der Waals surface area contributed by atoms with Gasteiger partial charge in [-0.3, -0.25) is 4.90 Å². The SMILES string of the molecule is CNC(C)c1ccc(OC)c(CN(C)C2CC2)c1. The second-order valence-corrected chi connectivity index (χ2v) is 5.23. The largest absolute Gasteiger partial charge is 0.496 e. The minimum atomic E-state index is 0.376. The van der Waals surface area contributed by atoms with E-state index in [-0.39, 0.29) is 0 Å². The van der Waals surface area contributed by atoms with Gasteiger partial charge >= 0.3 is 0 Å². The van der Waals surface area contributed by atoms with E-state index in [2.05, 4.69) is 42.4 Å². The number of rotatable bonds is 6. The molecule has 3 nitrogen and oxygen atoms in total. The van der Waals surface area contributed by atoms with Crippen molar-refractivity contribution in [2.45, 2.75) is 38.4 Å². The standard InChI is InChI=1S/C15H24N2O/c1-11(16-2)12-5-8-15(18-4)13(9-12)10-17(3)14-6-7-14/h5,8-9,11,14,16H,6-7,10H2,1-4H3. The van der Waals surface area contributed by atoms with Crippen molar-refractivity contribution in [1.29, 1.82) is 0 Å². The van der Waals surface area contributed by atoms with Crippen molar-refractivity contribution < 1.29 is 4.74 Å². The summed E-state index contributed by atoms with van der Waals surface area (Å²) in [6.07, 6.45) is 2.68. The second kappa shape index (κ2) is 5.72. The monoisotopic (exact) mass is 248 g/mol. The minimum absolute atomic E-state index is 0.376. The van der Waals surface area contributed by atoms with Crippen LogP contribution in [-0.4, -0.2) is 32.1 Å². The van der Waals surface area contributed by atoms with E-state index in [1.807, 2.05) is 7.05 Å². The Kier molecular flexibility index (Phi) is 4.25. The van der Waals surface area contributed by atoms with E-state index in [0.717, 1.165) is 18.3 Å². The average molecular weight is 248 g/mol. The van der Waals surface area contributed by atoms with Gasteiger partial charge in [-0.2, -0.15) is 0 Å². The third-order valence-corrected chi connectivity index (χ3v) is 3.83. The minimum Gasteiger partial charge on any atom is -0.496 e. The van der Waals surface area contributed by atoms with E-state index in [1.54, 1.807) is 7.11 Å². The summed E-state index contributed by atoms with van der Waals surface area (Å²) in [6.45, 7) is 3.15. The maximum Gasteiger partial charge on any atom is 0.123 e. The fraction of sp³-hybridized carbons (Fsp3) is 0.600. The van der Waals surface area contributed by atoms with E-state index in [4.69, 9.17) is 4.74 Å². The third-order valence-electron chi connectivity index (χ3n) is 3.83. The Morgan fingerprint density at radius 1 is 1.44 bits per heavy atom. The Morgan fingerprint density at radius 3 is 2.72 bits per heavy atom. The van der Waals surface area contributed by atoms with Crippen LogP contribution in [-0.2, 0) is 6.54 Å². The van der Waals surface area contributed by atoms with E-state index in [0.29, 0.717) is 6.04 Å². The zero-order valence-electron chi connectivity index (χ0n) is 11.9. The van der Waals surface area contributed by atoms with Crippen LogP contribution >= 0.6 is 0 Å². The van der Waals surface area contributed by atoms with Gasteiger partial charge < -0.3 is 10.1 Å². The molecule has 0 saturated heterocycles. The van der Waals surface area contributed by atoms with Crippen LogP contribution < -0.4 is 10.1 Å². The Labute approximate surface area is 110 Å². The van der Waals surface area contributed by atoms with Gasteiger partial charge in [-0.05, 0) is 51.6 Å². The zero-order chi connectivity index (χ0) is 13.1. The lowest BCUT2D eigenvalue weighted by molar-refractivity contribution is 0.307. The molecular formula is C15H24N2O. The molecular weight excluding hydrogens is 224 g/mol. The van der Waals surface area contributed by atoms with Gasteiger partial charge in [-0.25, -0.2) is 0 Å². The maximum absolute atomic E-state index is 5.47. The van der Waals surface area contributed by atoms with Crippen molar-refractivity contribution >= 4 is 0 Å². The highest BCUT2D eigenvalue weighted by Crippen LogP contribution is 2.30. The van der Waals surface area contributed by atoms with Crippen LogP contribution in [0.2, 0.25) is 0 Å². The fourth-order valence-electron chi connectivity index (χ4n) is 2.27. The molecule has 0 spiro atoms. The molecule has 1 aromatic rings. The van der Waals surface area contributed by atoms with Gasteiger partial charge in [-0.15, -0.1) is 0 Å². The predicted octanol–water partition coefficient (Wildman–Crippen LogP) is 2.57. The zero-order valence-corrected chi connectivity index (χ0v) is 11.9. The van der Waals surface area contributed by atoms with Gasteiger partial charge in [0.2, 0.25) is 0 Å². The molecule has 0 aliphatic heterocycles. The van der Waals surface area contributed by atoms with Crippen molar-refractivity contribution in [3.8, 4) is 5.75 Å². The smallest absolute Gasteiger partial charge is 0.123 e. The Bertz CT molecular complexity index is 401. The molecule has 3 heteroatoms. The van der Waals surface area contributed by atoms with Crippen molar-refractivity contribution in [3.63, 3.8) is 0 Å². The molecule has 100 valence electrons. The van der Waals surface area contributed by atoms with Gasteiger partial charge in [0.1, 0.15) is 5.75 Å². The highest BCUT2D eigenvalue weighted by Gasteiger charge is 2.26. The first-order valence-corrected chi connectivity index (χ1v) is 6.70. The first kappa shape index (κ1) is 13.4. The Balaban J connectivity index is 2.18. The van der Waals surface area contributed by atoms with Crippen LogP contribution in [0.3, 0.4) is 0 Å². The summed E-state index contributed by atoms with van der Waals surface area (Å²) in [4.78, 5) is 2.42. The first-order valence-electron chi connectivity index (χ1n) is 6.70. The van der Waals surface area contributed by atoms with Crippen molar-refractivity contribution in [3.05, 3.63) is 29.3 Å². The molecule has 1 atom stereocenters. The van der Waals surface area contributed by atoms with Crippen LogP contribution in [0.4, 0.5) is 0 Å². The summed E-state index contributed by atoms with van der Waals surface area (Å²) in [5.74, 6) is 0.995. The predicted molar refractivity (Wildman–Crippen MR) is 75.0 cm³/mol. The molecule has 0 amide bonds. The molecule has 2 rings (SSSR count). The molecule has 1 fully saturated rings. The topological polar surface area (TPSA) is 24.5 Å². The van der Waals surface area contributed by atoms with Crippen LogP contribution in [0, 0.1) is 0 Å². The number of hydrogen-bond donors (Lipinski definition) is 1. The summed E-state index contributed by atoms with van der Waals surface area (Å²) in [6, 6.07) is 7.64. The Morgan fingerprint density at radius 2 is 2.17 bits per heavy atom. The lowest BCUT2D eigenvalue weighted by atomic mass is 10.0. The van der Waals surface area contributed by atoms with E-state index >= 15 is 0 Å². The first-order chi connectivity index (χ1) is 8.65. The molecule has 0 heterocycles. The van der Waals surface area contributed by atoms with Gasteiger partial charge in [0.25, 0.3) is 0 Å². The normalized spacial score (nSPS) is 16.9. The summed E-state index contributed by atoms with van der Waals surface area (Å²) in [7, 11) is 5.94. The number of nitrogens with zero attached hydrogens (tertiary/aromatic N) is 1. The molecule has 1 saturated carbocycles. The highest BCUT2D eigenvalue weighted by molar-refractivity contribution is 5.38. The van der Waals surface area contributed by atoms with Crippen LogP contribution in [0.1, 0.15) is 36.9 Å². The molecule has 0 radical (unpaired) electrons. The lowest BCUT2D eigenvalue weighted by Gasteiger charge is -2.20. The average Bonchev–Trinajstić information content (AvgIpc) is 3.22. The molecule has 1 unspecified atom stereocenters. The molecule has 18 heavy (non-hydrogen) atoms. The highest BCUT2D eigenvalue weighted by atomic mass is 16.5. The number of nitrogens with one attached hydrogen (secondary N) is 1. The number of hydrogen-bond acceptors (Lipinski definition) is 3. The van der Waals surface area contributed by atoms with Crippen LogP contribution in [0.5, 0.6) is 5.75 Å². The molecule has 1 aliphatic rings. The Hall–Kier alpha value is -1.06. The summed E-state index contributed by atoms with van der Waals surface area (Å²) in [5.41, 5.74) is 2.60. The van der Waals surface area contributed by atoms with Crippen LogP contribution in [0.25, 0.3) is 0 Å². The van der Waals surface area contributed by atoms with Crippen molar-refractivity contribution in [2.24, 2.45) is 0 Å². The fourth-order valence-corrected chi connectivity index (χ4v) is 2.27. The summed E-state index contributed by atoms with van der Waals surface area (Å²) in [5, 5.41) is 3.28. The maximum atomic E-state index is 5.47. The third kappa shape index (κ3) is 3.03. The second-order valence-electron chi connectivity index (χ2n) is 5.23. The number of benzene rings is 1. The molecule has 1 aliphatic carbocycles. The molecule has 0 bridgehead atoms. The van der Waals surface area contributed by atoms with E-state index < -0.39 is 0 Å². The quantitative estimate of drug-likeness (QED) is 0.837. The van der Waals surface area contributed by atoms with E-state index in [9.17, 15) is 0 Å². The van der Waals surface area contributed by atoms with Crippen molar-refractivity contribution in [1.82, 2.24) is 10.2 Å². The van der Waals surface area contributed by atoms with Crippen molar-refractivity contribution in [2.75, 3.05) is 21.2 Å². The van der Waals surface area contributed by atoms with Gasteiger partial charge in [-0.1, -0.05) is 6.07 Å². The van der Waals surface area contributed by atoms with E-state index in [1.165, 1.54) is 24.0 Å². The summed E-state index contributed by atoms with van der Waals surface area (Å²) >= 11 is 0. The summed E-state index contributed by atoms with van der Waals surface area (Å²) < 4.78 is 5.47. The number of methoxy groups -OCH3 is 1.